The highest BCUT2D eigenvalue weighted by molar-refractivity contribution is 7.16. The van der Waals surface area contributed by atoms with Gasteiger partial charge in [-0.25, -0.2) is 0 Å². The molecule has 3 heterocycles. The lowest BCUT2D eigenvalue weighted by atomic mass is 10.1. The van der Waals surface area contributed by atoms with Crippen molar-refractivity contribution in [3.05, 3.63) is 71.3 Å². The van der Waals surface area contributed by atoms with E-state index in [2.05, 4.69) is 22.1 Å². The van der Waals surface area contributed by atoms with Crippen LogP contribution < -0.4 is 0 Å². The Morgan fingerprint density at radius 2 is 2.00 bits per heavy atom. The number of nitrogens with zero attached hydrogens (tertiary/aromatic N) is 3. The molecule has 0 aliphatic carbocycles. The van der Waals surface area contributed by atoms with Crippen LogP contribution in [-0.2, 0) is 22.7 Å². The van der Waals surface area contributed by atoms with Gasteiger partial charge in [-0.1, -0.05) is 42.5 Å². The van der Waals surface area contributed by atoms with Crippen LogP contribution in [0.1, 0.15) is 29.9 Å². The van der Waals surface area contributed by atoms with Crippen LogP contribution in [0.2, 0.25) is 0 Å². The van der Waals surface area contributed by atoms with Gasteiger partial charge in [-0.15, -0.1) is 11.3 Å². The number of carbonyl (C=O) groups is 2. The summed E-state index contributed by atoms with van der Waals surface area (Å²) >= 11 is 1.65. The van der Waals surface area contributed by atoms with E-state index in [0.717, 1.165) is 15.8 Å². The molecule has 7 heteroatoms. The number of piperazine rings is 1. The van der Waals surface area contributed by atoms with Gasteiger partial charge >= 0.3 is 0 Å². The van der Waals surface area contributed by atoms with Gasteiger partial charge in [-0.3, -0.25) is 9.59 Å². The lowest BCUT2D eigenvalue weighted by Crippen LogP contribution is -2.56. The fourth-order valence-electron chi connectivity index (χ4n) is 4.13. The van der Waals surface area contributed by atoms with Gasteiger partial charge in [0.05, 0.1) is 6.61 Å². The minimum Gasteiger partial charge on any atom is -0.367 e. The molecule has 1 aliphatic heterocycles. The zero-order valence-electron chi connectivity index (χ0n) is 18.6. The van der Waals surface area contributed by atoms with Crippen molar-refractivity contribution in [2.45, 2.75) is 33.0 Å². The molecule has 2 aromatic heterocycles. The highest BCUT2D eigenvalue weighted by Crippen LogP contribution is 2.27. The number of rotatable bonds is 7. The van der Waals surface area contributed by atoms with E-state index in [1.165, 1.54) is 0 Å². The molecule has 0 bridgehead atoms. The van der Waals surface area contributed by atoms with Gasteiger partial charge in [-0.2, -0.15) is 0 Å². The molecule has 32 heavy (non-hydrogen) atoms. The van der Waals surface area contributed by atoms with E-state index >= 15 is 0 Å². The number of carbonyl (C=O) groups excluding carboxylic acids is 2. The summed E-state index contributed by atoms with van der Waals surface area (Å²) in [6.07, 6.45) is 4.06. The maximum Gasteiger partial charge on any atom is 0.270 e. The molecule has 0 spiro atoms. The topological polar surface area (TPSA) is 54.8 Å². The van der Waals surface area contributed by atoms with E-state index in [9.17, 15) is 9.59 Å². The number of benzene rings is 1. The van der Waals surface area contributed by atoms with E-state index in [-0.39, 0.29) is 24.5 Å². The second kappa shape index (κ2) is 10.1. The zero-order valence-corrected chi connectivity index (χ0v) is 19.4. The molecule has 4 rings (SSSR count). The largest absolute Gasteiger partial charge is 0.367 e. The van der Waals surface area contributed by atoms with Gasteiger partial charge in [0.1, 0.15) is 17.1 Å². The standard InChI is InChI=1S/C25H29N3O3S/c1-3-4-11-28-22(15-21-10-14-32-25(21)28)24(30)26-12-13-27(19(2)16-26)23(29)18-31-17-20-8-6-5-7-9-20/h3-10,14-15,19H,11-13,16-18H2,1-2H3/b4-3-. The molecule has 6 nitrogen and oxygen atoms in total. The van der Waals surface area contributed by atoms with Crippen LogP contribution in [-0.4, -0.2) is 58.5 Å². The van der Waals surface area contributed by atoms with Crippen LogP contribution >= 0.6 is 11.3 Å². The third kappa shape index (κ3) is 4.79. The van der Waals surface area contributed by atoms with Gasteiger partial charge in [0.2, 0.25) is 5.91 Å². The summed E-state index contributed by atoms with van der Waals surface area (Å²) in [7, 11) is 0. The molecule has 0 N–H and O–H groups in total. The summed E-state index contributed by atoms with van der Waals surface area (Å²) in [5.74, 6) is -0.00492. The Bertz CT molecular complexity index is 1100. The van der Waals surface area contributed by atoms with E-state index in [1.807, 2.05) is 66.1 Å². The van der Waals surface area contributed by atoms with Crippen LogP contribution in [0.25, 0.3) is 10.2 Å². The molecule has 0 saturated carbocycles. The summed E-state index contributed by atoms with van der Waals surface area (Å²) in [6.45, 7) is 6.68. The molecule has 2 amide bonds. The number of thiophene rings is 1. The predicted octanol–water partition coefficient (Wildman–Crippen LogP) is 4.17. The number of amides is 2. The maximum atomic E-state index is 13.4. The summed E-state index contributed by atoms with van der Waals surface area (Å²) < 4.78 is 7.71. The van der Waals surface area contributed by atoms with Crippen molar-refractivity contribution < 1.29 is 14.3 Å². The van der Waals surface area contributed by atoms with E-state index in [1.54, 1.807) is 11.3 Å². The van der Waals surface area contributed by atoms with Crippen LogP contribution in [0.15, 0.2) is 60.0 Å². The van der Waals surface area contributed by atoms with Crippen molar-refractivity contribution in [3.63, 3.8) is 0 Å². The molecule has 1 aromatic carbocycles. The Kier molecular flexibility index (Phi) is 7.07. The van der Waals surface area contributed by atoms with Gasteiger partial charge in [0.25, 0.3) is 5.91 Å². The molecule has 168 valence electrons. The van der Waals surface area contributed by atoms with Crippen molar-refractivity contribution in [2.75, 3.05) is 26.2 Å². The van der Waals surface area contributed by atoms with Crippen LogP contribution in [0.4, 0.5) is 0 Å². The Morgan fingerprint density at radius 1 is 1.19 bits per heavy atom. The van der Waals surface area contributed by atoms with Gasteiger partial charge in [-0.05, 0) is 36.9 Å². The average Bonchev–Trinajstić information content (AvgIpc) is 3.39. The smallest absolute Gasteiger partial charge is 0.270 e. The number of hydrogen-bond donors (Lipinski definition) is 0. The number of aromatic nitrogens is 1. The monoisotopic (exact) mass is 451 g/mol. The van der Waals surface area contributed by atoms with Gasteiger partial charge in [0.15, 0.2) is 0 Å². The number of ether oxygens (including phenoxy) is 1. The molecule has 3 aromatic rings. The van der Waals surface area contributed by atoms with Crippen LogP contribution in [0, 0.1) is 0 Å². The highest BCUT2D eigenvalue weighted by atomic mass is 32.1. The second-order valence-electron chi connectivity index (χ2n) is 8.06. The van der Waals surface area contributed by atoms with Crippen molar-refractivity contribution >= 4 is 33.4 Å². The summed E-state index contributed by atoms with van der Waals surface area (Å²) in [5.41, 5.74) is 1.76. The molecule has 1 saturated heterocycles. The Hall–Kier alpha value is -2.90. The first-order chi connectivity index (χ1) is 15.6. The quantitative estimate of drug-likeness (QED) is 0.507. The third-order valence-corrected chi connectivity index (χ3v) is 6.77. The second-order valence-corrected chi connectivity index (χ2v) is 8.95. The molecular formula is C25H29N3O3S. The lowest BCUT2D eigenvalue weighted by molar-refractivity contribution is -0.140. The Morgan fingerprint density at radius 3 is 2.75 bits per heavy atom. The first-order valence-corrected chi connectivity index (χ1v) is 11.8. The van der Waals surface area contributed by atoms with Crippen LogP contribution in [0.5, 0.6) is 0 Å². The molecule has 0 radical (unpaired) electrons. The SMILES string of the molecule is C/C=C\Cn1c(C(=O)N2CCN(C(=O)COCc3ccccc3)C(C)C2)cc2ccsc21. The molecule has 1 atom stereocenters. The molecule has 1 unspecified atom stereocenters. The zero-order chi connectivity index (χ0) is 22.5. The first-order valence-electron chi connectivity index (χ1n) is 11.0. The summed E-state index contributed by atoms with van der Waals surface area (Å²) in [4.78, 5) is 30.9. The Balaban J connectivity index is 1.37. The summed E-state index contributed by atoms with van der Waals surface area (Å²) in [6, 6.07) is 13.8. The van der Waals surface area contributed by atoms with E-state index < -0.39 is 0 Å². The summed E-state index contributed by atoms with van der Waals surface area (Å²) in [5, 5.41) is 3.15. The lowest BCUT2D eigenvalue weighted by Gasteiger charge is -2.40. The minimum atomic E-state index is -0.0550. The highest BCUT2D eigenvalue weighted by Gasteiger charge is 2.31. The normalized spacial score (nSPS) is 16.9. The molecule has 1 aliphatic rings. The van der Waals surface area contributed by atoms with Crippen molar-refractivity contribution in [1.29, 1.82) is 0 Å². The minimum absolute atomic E-state index is 0.0252. The maximum absolute atomic E-state index is 13.4. The number of allylic oxidation sites excluding steroid dienone is 2. The van der Waals surface area contributed by atoms with Gasteiger partial charge in [0, 0.05) is 37.6 Å². The van der Waals surface area contributed by atoms with Crippen molar-refractivity contribution in [1.82, 2.24) is 14.4 Å². The fourth-order valence-corrected chi connectivity index (χ4v) is 5.04. The van der Waals surface area contributed by atoms with Crippen LogP contribution in [0.3, 0.4) is 0 Å². The van der Waals surface area contributed by atoms with E-state index in [0.29, 0.717) is 38.5 Å². The van der Waals surface area contributed by atoms with Crippen molar-refractivity contribution in [2.24, 2.45) is 0 Å². The van der Waals surface area contributed by atoms with Crippen molar-refractivity contribution in [3.8, 4) is 0 Å². The number of hydrogen-bond acceptors (Lipinski definition) is 4. The first kappa shape index (κ1) is 22.3. The van der Waals surface area contributed by atoms with E-state index in [4.69, 9.17) is 4.74 Å². The average molecular weight is 452 g/mol. The fraction of sp³-hybridized carbons (Fsp3) is 0.360. The Labute approximate surface area is 192 Å². The predicted molar refractivity (Wildman–Crippen MR) is 128 cm³/mol. The third-order valence-electron chi connectivity index (χ3n) is 5.82. The molecule has 1 fully saturated rings. The van der Waals surface area contributed by atoms with Gasteiger partial charge < -0.3 is 19.1 Å². The number of fused-ring (bicyclic) bond motifs is 1. The molecular weight excluding hydrogens is 422 g/mol.